The number of carbonyl (C=O) groups is 3. The molecule has 0 unspecified atom stereocenters. The Morgan fingerprint density at radius 3 is 2.36 bits per heavy atom. The molecule has 0 heterocycles. The monoisotopic (exact) mass is 310 g/mol. The minimum atomic E-state index is -1.27. The second-order valence-corrected chi connectivity index (χ2v) is 4.37. The standard InChI is InChI=1S/C13H14N2O7/c1-8(16)22-7-12(17)14-11(13(18)19)6-9-2-4-10(5-3-9)15(20)21/h2-5,11H,6-7H2,1H3,(H,14,17)(H,18,19)/t11-/m1/s1. The second-order valence-electron chi connectivity index (χ2n) is 4.37. The van der Waals surface area contributed by atoms with Crippen molar-refractivity contribution in [3.05, 3.63) is 39.9 Å². The smallest absolute Gasteiger partial charge is 0.326 e. The highest BCUT2D eigenvalue weighted by molar-refractivity contribution is 5.85. The van der Waals surface area contributed by atoms with Gasteiger partial charge in [0.2, 0.25) is 0 Å². The van der Waals surface area contributed by atoms with Gasteiger partial charge < -0.3 is 15.2 Å². The summed E-state index contributed by atoms with van der Waals surface area (Å²) in [4.78, 5) is 43.1. The van der Waals surface area contributed by atoms with E-state index in [0.29, 0.717) is 5.56 Å². The van der Waals surface area contributed by atoms with Crippen molar-refractivity contribution >= 4 is 23.5 Å². The maximum Gasteiger partial charge on any atom is 0.326 e. The number of nitro groups is 1. The molecule has 0 bridgehead atoms. The summed E-state index contributed by atoms with van der Waals surface area (Å²) >= 11 is 0. The Labute approximate surface area is 125 Å². The Bertz CT molecular complexity index is 583. The van der Waals surface area contributed by atoms with Crippen LogP contribution in [0.1, 0.15) is 12.5 Å². The third kappa shape index (κ3) is 5.57. The van der Waals surface area contributed by atoms with Gasteiger partial charge in [0, 0.05) is 25.5 Å². The predicted molar refractivity (Wildman–Crippen MR) is 73.0 cm³/mol. The number of ether oxygens (including phenoxy) is 1. The van der Waals surface area contributed by atoms with Crippen LogP contribution in [0.3, 0.4) is 0 Å². The molecular formula is C13H14N2O7. The Morgan fingerprint density at radius 1 is 1.32 bits per heavy atom. The van der Waals surface area contributed by atoms with Crippen LogP contribution >= 0.6 is 0 Å². The molecule has 2 N–H and O–H groups in total. The molecule has 0 aliphatic carbocycles. The number of nitrogens with zero attached hydrogens (tertiary/aromatic N) is 1. The van der Waals surface area contributed by atoms with Crippen molar-refractivity contribution in [1.29, 1.82) is 0 Å². The maximum absolute atomic E-state index is 11.5. The van der Waals surface area contributed by atoms with Gasteiger partial charge >= 0.3 is 11.9 Å². The third-order valence-electron chi connectivity index (χ3n) is 2.63. The average molecular weight is 310 g/mol. The van der Waals surface area contributed by atoms with Crippen molar-refractivity contribution in [2.75, 3.05) is 6.61 Å². The zero-order chi connectivity index (χ0) is 16.7. The number of carboxylic acid groups (broad SMARTS) is 1. The fraction of sp³-hybridized carbons (Fsp3) is 0.308. The quantitative estimate of drug-likeness (QED) is 0.419. The van der Waals surface area contributed by atoms with Gasteiger partial charge in [-0.05, 0) is 5.56 Å². The molecule has 0 fully saturated rings. The van der Waals surface area contributed by atoms with Gasteiger partial charge in [0.05, 0.1) is 4.92 Å². The van der Waals surface area contributed by atoms with Crippen molar-refractivity contribution in [3.8, 4) is 0 Å². The zero-order valence-corrected chi connectivity index (χ0v) is 11.6. The number of hydrogen-bond acceptors (Lipinski definition) is 6. The number of esters is 1. The summed E-state index contributed by atoms with van der Waals surface area (Å²) in [5.74, 6) is -2.67. The number of carbonyl (C=O) groups excluding carboxylic acids is 2. The average Bonchev–Trinajstić information content (AvgIpc) is 2.44. The largest absolute Gasteiger partial charge is 0.480 e. The molecule has 9 nitrogen and oxygen atoms in total. The van der Waals surface area contributed by atoms with E-state index < -0.39 is 35.4 Å². The molecule has 9 heteroatoms. The van der Waals surface area contributed by atoms with Crippen LogP contribution in [0.15, 0.2) is 24.3 Å². The van der Waals surface area contributed by atoms with Gasteiger partial charge in [-0.1, -0.05) is 12.1 Å². The Balaban J connectivity index is 2.67. The van der Waals surface area contributed by atoms with Gasteiger partial charge in [0.1, 0.15) is 6.04 Å². The first kappa shape index (κ1) is 17.1. The van der Waals surface area contributed by atoms with Crippen molar-refractivity contribution in [2.24, 2.45) is 0 Å². The number of amides is 1. The predicted octanol–water partition coefficient (Wildman–Crippen LogP) is 0.270. The van der Waals surface area contributed by atoms with E-state index in [-0.39, 0.29) is 12.1 Å². The molecule has 1 amide bonds. The molecule has 1 rings (SSSR count). The van der Waals surface area contributed by atoms with E-state index >= 15 is 0 Å². The van der Waals surface area contributed by atoms with E-state index in [1.54, 1.807) is 0 Å². The Morgan fingerprint density at radius 2 is 1.91 bits per heavy atom. The first-order valence-electron chi connectivity index (χ1n) is 6.18. The topological polar surface area (TPSA) is 136 Å². The molecule has 22 heavy (non-hydrogen) atoms. The molecule has 118 valence electrons. The van der Waals surface area contributed by atoms with E-state index in [9.17, 15) is 24.5 Å². The fourth-order valence-corrected chi connectivity index (χ4v) is 1.59. The fourth-order valence-electron chi connectivity index (χ4n) is 1.59. The molecule has 0 aromatic heterocycles. The summed E-state index contributed by atoms with van der Waals surface area (Å²) in [6, 6.07) is 4.08. The third-order valence-corrected chi connectivity index (χ3v) is 2.63. The van der Waals surface area contributed by atoms with E-state index in [2.05, 4.69) is 10.1 Å². The molecule has 0 radical (unpaired) electrons. The summed E-state index contributed by atoms with van der Waals surface area (Å²) in [5, 5.41) is 21.8. The SMILES string of the molecule is CC(=O)OCC(=O)N[C@H](Cc1ccc([N+](=O)[O-])cc1)C(=O)O. The molecule has 0 spiro atoms. The lowest BCUT2D eigenvalue weighted by Gasteiger charge is -2.14. The van der Waals surface area contributed by atoms with E-state index in [0.717, 1.165) is 6.92 Å². The molecule has 0 aliphatic rings. The van der Waals surface area contributed by atoms with E-state index in [4.69, 9.17) is 5.11 Å². The molecule has 1 atom stereocenters. The number of nitrogens with one attached hydrogen (secondary N) is 1. The van der Waals surface area contributed by atoms with Gasteiger partial charge in [0.15, 0.2) is 6.61 Å². The highest BCUT2D eigenvalue weighted by atomic mass is 16.6. The number of hydrogen-bond donors (Lipinski definition) is 2. The zero-order valence-electron chi connectivity index (χ0n) is 11.6. The summed E-state index contributed by atoms with van der Waals surface area (Å²) in [6.45, 7) is 0.554. The minimum absolute atomic E-state index is 0.0564. The van der Waals surface area contributed by atoms with Gasteiger partial charge in [-0.15, -0.1) is 0 Å². The summed E-state index contributed by atoms with van der Waals surface area (Å²) in [5.41, 5.74) is 0.389. The van der Waals surface area contributed by atoms with Crippen LogP contribution in [0.2, 0.25) is 0 Å². The first-order valence-corrected chi connectivity index (χ1v) is 6.18. The number of non-ortho nitro benzene ring substituents is 1. The second kappa shape index (κ2) is 7.72. The Kier molecular flexibility index (Phi) is 5.99. The van der Waals surface area contributed by atoms with Crippen molar-refractivity contribution in [2.45, 2.75) is 19.4 Å². The van der Waals surface area contributed by atoms with Crippen molar-refractivity contribution in [3.63, 3.8) is 0 Å². The van der Waals surface area contributed by atoms with Crippen LogP contribution in [0.5, 0.6) is 0 Å². The molecular weight excluding hydrogens is 296 g/mol. The van der Waals surface area contributed by atoms with Crippen LogP contribution in [0, 0.1) is 10.1 Å². The number of nitro benzene ring substituents is 1. The summed E-state index contributed by atoms with van der Waals surface area (Å²) in [6.07, 6.45) is -0.0564. The van der Waals surface area contributed by atoms with Crippen LogP contribution in [0.25, 0.3) is 0 Å². The van der Waals surface area contributed by atoms with Crippen LogP contribution in [-0.4, -0.2) is 40.5 Å². The van der Waals surface area contributed by atoms with Gasteiger partial charge in [-0.25, -0.2) is 4.79 Å². The lowest BCUT2D eigenvalue weighted by molar-refractivity contribution is -0.384. The van der Waals surface area contributed by atoms with E-state index in [1.807, 2.05) is 0 Å². The van der Waals surface area contributed by atoms with Gasteiger partial charge in [-0.2, -0.15) is 0 Å². The number of benzene rings is 1. The van der Waals surface area contributed by atoms with Gasteiger partial charge in [-0.3, -0.25) is 19.7 Å². The summed E-state index contributed by atoms with van der Waals surface area (Å²) < 4.78 is 4.46. The number of carboxylic acids is 1. The number of aliphatic carboxylic acids is 1. The molecule has 0 saturated carbocycles. The van der Waals surface area contributed by atoms with Crippen LogP contribution in [-0.2, 0) is 25.5 Å². The lowest BCUT2D eigenvalue weighted by Crippen LogP contribution is -2.44. The van der Waals surface area contributed by atoms with Crippen molar-refractivity contribution in [1.82, 2.24) is 5.32 Å². The van der Waals surface area contributed by atoms with Crippen molar-refractivity contribution < 1.29 is 29.2 Å². The highest BCUT2D eigenvalue weighted by Crippen LogP contribution is 2.13. The highest BCUT2D eigenvalue weighted by Gasteiger charge is 2.21. The lowest BCUT2D eigenvalue weighted by atomic mass is 10.1. The molecule has 1 aromatic carbocycles. The maximum atomic E-state index is 11.5. The van der Waals surface area contributed by atoms with E-state index in [1.165, 1.54) is 24.3 Å². The Hall–Kier alpha value is -2.97. The molecule has 0 saturated heterocycles. The van der Waals surface area contributed by atoms with Crippen LogP contribution < -0.4 is 5.32 Å². The van der Waals surface area contributed by atoms with Crippen LogP contribution in [0.4, 0.5) is 5.69 Å². The molecule has 1 aromatic rings. The minimum Gasteiger partial charge on any atom is -0.480 e. The molecule has 0 aliphatic heterocycles. The first-order chi connectivity index (χ1) is 10.3. The normalized spacial score (nSPS) is 11.3. The summed E-state index contributed by atoms with van der Waals surface area (Å²) in [7, 11) is 0. The van der Waals surface area contributed by atoms with Gasteiger partial charge in [0.25, 0.3) is 11.6 Å². The number of rotatable bonds is 7.